The van der Waals surface area contributed by atoms with Crippen LogP contribution in [0.5, 0.6) is 0 Å². The molecule has 2 aromatic heterocycles. The Morgan fingerprint density at radius 2 is 2.00 bits per heavy atom. The summed E-state index contributed by atoms with van der Waals surface area (Å²) in [4.78, 5) is 22.9. The van der Waals surface area contributed by atoms with Crippen LogP contribution in [0.25, 0.3) is 11.5 Å². The van der Waals surface area contributed by atoms with Crippen LogP contribution in [-0.2, 0) is 16.1 Å². The highest BCUT2D eigenvalue weighted by Crippen LogP contribution is 2.29. The predicted octanol–water partition coefficient (Wildman–Crippen LogP) is 3.61. The molecule has 7 heteroatoms. The SMILES string of the molecule is O=C(CCC1CCCC1)N1CCCC(OCc2noc(-c3ccncc3)n2)C1. The first-order valence-corrected chi connectivity index (χ1v) is 10.4. The number of hydrogen-bond donors (Lipinski definition) is 0. The molecule has 4 rings (SSSR count). The van der Waals surface area contributed by atoms with Crippen LogP contribution in [0.15, 0.2) is 29.0 Å². The van der Waals surface area contributed by atoms with Crippen molar-refractivity contribution in [2.45, 2.75) is 64.1 Å². The molecule has 1 aliphatic heterocycles. The van der Waals surface area contributed by atoms with Gasteiger partial charge in [-0.05, 0) is 37.3 Å². The largest absolute Gasteiger partial charge is 0.368 e. The third-order valence-corrected chi connectivity index (χ3v) is 5.82. The van der Waals surface area contributed by atoms with Gasteiger partial charge in [-0.15, -0.1) is 0 Å². The lowest BCUT2D eigenvalue weighted by Gasteiger charge is -2.32. The minimum atomic E-state index is 0.0343. The normalized spacial score (nSPS) is 20.6. The summed E-state index contributed by atoms with van der Waals surface area (Å²) in [5, 5.41) is 3.99. The summed E-state index contributed by atoms with van der Waals surface area (Å²) >= 11 is 0. The number of carbonyl (C=O) groups excluding carboxylic acids is 1. The quantitative estimate of drug-likeness (QED) is 0.725. The number of ether oxygens (including phenoxy) is 1. The van der Waals surface area contributed by atoms with Gasteiger partial charge in [0.15, 0.2) is 5.82 Å². The van der Waals surface area contributed by atoms with Gasteiger partial charge in [0.1, 0.15) is 6.61 Å². The van der Waals surface area contributed by atoms with Gasteiger partial charge in [0, 0.05) is 37.5 Å². The average molecular weight is 384 g/mol. The molecule has 0 spiro atoms. The molecule has 0 aromatic carbocycles. The second-order valence-corrected chi connectivity index (χ2v) is 7.86. The fraction of sp³-hybridized carbons (Fsp3) is 0.619. The summed E-state index contributed by atoms with van der Waals surface area (Å²) in [7, 11) is 0. The molecule has 1 aliphatic carbocycles. The standard InChI is InChI=1S/C21H28N4O3/c26-20(8-7-16-4-1-2-5-16)25-13-3-6-18(14-25)27-15-19-23-21(28-24-19)17-9-11-22-12-10-17/h9-12,16,18H,1-8,13-15H2. The molecule has 0 radical (unpaired) electrons. The molecule has 2 aromatic rings. The topological polar surface area (TPSA) is 81.4 Å². The van der Waals surface area contributed by atoms with Crippen molar-refractivity contribution in [3.63, 3.8) is 0 Å². The first-order valence-electron chi connectivity index (χ1n) is 10.4. The van der Waals surface area contributed by atoms with Gasteiger partial charge in [-0.3, -0.25) is 9.78 Å². The van der Waals surface area contributed by atoms with Crippen LogP contribution in [0.2, 0.25) is 0 Å². The maximum atomic E-state index is 12.6. The van der Waals surface area contributed by atoms with E-state index in [0.717, 1.165) is 37.3 Å². The number of carbonyl (C=O) groups is 1. The van der Waals surface area contributed by atoms with E-state index < -0.39 is 0 Å². The Morgan fingerprint density at radius 1 is 1.18 bits per heavy atom. The monoisotopic (exact) mass is 384 g/mol. The molecule has 7 nitrogen and oxygen atoms in total. The van der Waals surface area contributed by atoms with E-state index in [4.69, 9.17) is 9.26 Å². The minimum absolute atomic E-state index is 0.0343. The zero-order chi connectivity index (χ0) is 19.2. The third kappa shape index (κ3) is 4.95. The summed E-state index contributed by atoms with van der Waals surface area (Å²) in [5.74, 6) is 2.03. The molecule has 1 saturated carbocycles. The van der Waals surface area contributed by atoms with Crippen molar-refractivity contribution in [3.05, 3.63) is 30.4 Å². The van der Waals surface area contributed by atoms with Gasteiger partial charge in [-0.25, -0.2) is 0 Å². The van der Waals surface area contributed by atoms with Crippen molar-refractivity contribution in [1.82, 2.24) is 20.0 Å². The predicted molar refractivity (Wildman–Crippen MR) is 103 cm³/mol. The van der Waals surface area contributed by atoms with Crippen molar-refractivity contribution in [2.24, 2.45) is 5.92 Å². The number of nitrogens with zero attached hydrogens (tertiary/aromatic N) is 4. The van der Waals surface area contributed by atoms with E-state index in [1.807, 2.05) is 17.0 Å². The van der Waals surface area contributed by atoms with E-state index in [9.17, 15) is 4.79 Å². The van der Waals surface area contributed by atoms with Crippen molar-refractivity contribution < 1.29 is 14.1 Å². The first-order chi connectivity index (χ1) is 13.8. The van der Waals surface area contributed by atoms with Crippen LogP contribution in [-0.4, -0.2) is 45.1 Å². The van der Waals surface area contributed by atoms with Gasteiger partial charge in [-0.1, -0.05) is 30.8 Å². The highest BCUT2D eigenvalue weighted by atomic mass is 16.5. The lowest BCUT2D eigenvalue weighted by Crippen LogP contribution is -2.43. The van der Waals surface area contributed by atoms with Crippen LogP contribution in [0.4, 0.5) is 0 Å². The number of pyridine rings is 1. The molecular formula is C21H28N4O3. The molecule has 1 unspecified atom stereocenters. The van der Waals surface area contributed by atoms with Crippen LogP contribution < -0.4 is 0 Å². The summed E-state index contributed by atoms with van der Waals surface area (Å²) in [6.45, 7) is 1.81. The van der Waals surface area contributed by atoms with Gasteiger partial charge in [0.2, 0.25) is 5.91 Å². The van der Waals surface area contributed by atoms with E-state index in [-0.39, 0.29) is 12.0 Å². The maximum Gasteiger partial charge on any atom is 0.258 e. The maximum absolute atomic E-state index is 12.6. The minimum Gasteiger partial charge on any atom is -0.368 e. The van der Waals surface area contributed by atoms with Gasteiger partial charge in [-0.2, -0.15) is 4.98 Å². The number of rotatable bonds is 7. The summed E-state index contributed by atoms with van der Waals surface area (Å²) in [5.41, 5.74) is 0.838. The van der Waals surface area contributed by atoms with E-state index >= 15 is 0 Å². The number of piperidine rings is 1. The van der Waals surface area contributed by atoms with Crippen molar-refractivity contribution >= 4 is 5.91 Å². The molecule has 1 saturated heterocycles. The number of amides is 1. The molecule has 0 N–H and O–H groups in total. The third-order valence-electron chi connectivity index (χ3n) is 5.82. The zero-order valence-electron chi connectivity index (χ0n) is 16.3. The molecule has 150 valence electrons. The number of likely N-dealkylation sites (tertiary alicyclic amines) is 1. The zero-order valence-corrected chi connectivity index (χ0v) is 16.3. The molecule has 1 atom stereocenters. The Balaban J connectivity index is 1.24. The smallest absolute Gasteiger partial charge is 0.258 e. The van der Waals surface area contributed by atoms with E-state index in [1.54, 1.807) is 12.4 Å². The molecule has 2 fully saturated rings. The van der Waals surface area contributed by atoms with Crippen LogP contribution in [0, 0.1) is 5.92 Å². The van der Waals surface area contributed by atoms with Gasteiger partial charge >= 0.3 is 0 Å². The van der Waals surface area contributed by atoms with Crippen molar-refractivity contribution in [2.75, 3.05) is 13.1 Å². The van der Waals surface area contributed by atoms with E-state index in [2.05, 4.69) is 15.1 Å². The average Bonchev–Trinajstić information content (AvgIpc) is 3.43. The number of aromatic nitrogens is 3. The Labute approximate surface area is 165 Å². The van der Waals surface area contributed by atoms with E-state index in [0.29, 0.717) is 31.3 Å². The van der Waals surface area contributed by atoms with Gasteiger partial charge in [0.25, 0.3) is 5.89 Å². The fourth-order valence-corrected chi connectivity index (χ4v) is 4.20. The van der Waals surface area contributed by atoms with Gasteiger partial charge < -0.3 is 14.2 Å². The Kier molecular flexibility index (Phi) is 6.31. The molecule has 3 heterocycles. The molecule has 2 aliphatic rings. The molecule has 1 amide bonds. The highest BCUT2D eigenvalue weighted by molar-refractivity contribution is 5.76. The van der Waals surface area contributed by atoms with Crippen LogP contribution >= 0.6 is 0 Å². The molecule has 28 heavy (non-hydrogen) atoms. The summed E-state index contributed by atoms with van der Waals surface area (Å²) in [6, 6.07) is 3.66. The highest BCUT2D eigenvalue weighted by Gasteiger charge is 2.25. The number of hydrogen-bond acceptors (Lipinski definition) is 6. The van der Waals surface area contributed by atoms with Crippen LogP contribution in [0.3, 0.4) is 0 Å². The second kappa shape index (κ2) is 9.28. The Morgan fingerprint density at radius 3 is 2.82 bits per heavy atom. The van der Waals surface area contributed by atoms with E-state index in [1.165, 1.54) is 25.7 Å². The second-order valence-electron chi connectivity index (χ2n) is 7.86. The Hall–Kier alpha value is -2.28. The summed E-state index contributed by atoms with van der Waals surface area (Å²) < 4.78 is 11.3. The van der Waals surface area contributed by atoms with Crippen molar-refractivity contribution in [1.29, 1.82) is 0 Å². The lowest BCUT2D eigenvalue weighted by molar-refractivity contribution is -0.136. The molecular weight excluding hydrogens is 356 g/mol. The molecule has 0 bridgehead atoms. The lowest BCUT2D eigenvalue weighted by atomic mass is 10.0. The first kappa shape index (κ1) is 19.1. The Bertz CT molecular complexity index is 758. The van der Waals surface area contributed by atoms with Gasteiger partial charge in [0.05, 0.1) is 6.10 Å². The van der Waals surface area contributed by atoms with Crippen LogP contribution in [0.1, 0.15) is 57.2 Å². The fourth-order valence-electron chi connectivity index (χ4n) is 4.20. The van der Waals surface area contributed by atoms with Crippen molar-refractivity contribution in [3.8, 4) is 11.5 Å². The summed E-state index contributed by atoms with van der Waals surface area (Å²) in [6.07, 6.45) is 12.3.